The standard InChI is InChI=1S/C16H23NS/c1-13(2)17-10-8-16(9-11-17)12-18-15-7-5-3-4-6-14(15)16/h4-7,13H,3,8-12H2,1-2H3. The molecule has 1 spiro atoms. The molecule has 1 nitrogen and oxygen atoms in total. The van der Waals surface area contributed by atoms with Gasteiger partial charge in [-0.15, -0.1) is 11.8 Å². The Hall–Kier alpha value is -0.470. The molecule has 0 atom stereocenters. The van der Waals surface area contributed by atoms with E-state index in [1.54, 1.807) is 10.5 Å². The normalized spacial score (nSPS) is 27.1. The third-order valence-corrected chi connectivity index (χ3v) is 6.02. The summed E-state index contributed by atoms with van der Waals surface area (Å²) in [6.07, 6.45) is 13.2. The summed E-state index contributed by atoms with van der Waals surface area (Å²) in [6, 6.07) is 0.703. The first-order chi connectivity index (χ1) is 8.71. The van der Waals surface area contributed by atoms with Crippen molar-refractivity contribution >= 4 is 11.8 Å². The van der Waals surface area contributed by atoms with Gasteiger partial charge in [0.2, 0.25) is 0 Å². The van der Waals surface area contributed by atoms with Gasteiger partial charge in [-0.2, -0.15) is 0 Å². The highest BCUT2D eigenvalue weighted by molar-refractivity contribution is 8.03. The molecule has 2 aliphatic heterocycles. The minimum Gasteiger partial charge on any atom is -0.301 e. The maximum absolute atomic E-state index is 2.63. The summed E-state index contributed by atoms with van der Waals surface area (Å²) in [5.41, 5.74) is 2.13. The van der Waals surface area contributed by atoms with E-state index in [1.165, 1.54) is 31.7 Å². The molecule has 1 saturated heterocycles. The number of fused-ring (bicyclic) bond motifs is 1. The quantitative estimate of drug-likeness (QED) is 0.702. The fourth-order valence-corrected chi connectivity index (χ4v) is 4.86. The highest BCUT2D eigenvalue weighted by Crippen LogP contribution is 2.52. The number of piperidine rings is 1. The number of hydrogen-bond acceptors (Lipinski definition) is 2. The zero-order valence-corrected chi connectivity index (χ0v) is 12.3. The van der Waals surface area contributed by atoms with Gasteiger partial charge in [0.1, 0.15) is 0 Å². The zero-order chi connectivity index (χ0) is 12.6. The Morgan fingerprint density at radius 3 is 2.61 bits per heavy atom. The molecule has 0 bridgehead atoms. The predicted octanol–water partition coefficient (Wildman–Crippen LogP) is 3.99. The van der Waals surface area contributed by atoms with Crippen LogP contribution in [-0.2, 0) is 0 Å². The van der Waals surface area contributed by atoms with Crippen LogP contribution in [-0.4, -0.2) is 29.8 Å². The van der Waals surface area contributed by atoms with Crippen molar-refractivity contribution in [3.63, 3.8) is 0 Å². The lowest BCUT2D eigenvalue weighted by Crippen LogP contribution is -2.44. The molecule has 18 heavy (non-hydrogen) atoms. The van der Waals surface area contributed by atoms with Crippen LogP contribution in [0, 0.1) is 5.41 Å². The van der Waals surface area contributed by atoms with E-state index in [-0.39, 0.29) is 0 Å². The van der Waals surface area contributed by atoms with Gasteiger partial charge in [0.15, 0.2) is 0 Å². The van der Waals surface area contributed by atoms with Gasteiger partial charge in [0.25, 0.3) is 0 Å². The molecule has 1 aliphatic carbocycles. The van der Waals surface area contributed by atoms with E-state index < -0.39 is 0 Å². The van der Waals surface area contributed by atoms with Gasteiger partial charge in [0.05, 0.1) is 0 Å². The summed E-state index contributed by atoms with van der Waals surface area (Å²) in [6.45, 7) is 7.18. The highest BCUT2D eigenvalue weighted by Gasteiger charge is 2.42. The Morgan fingerprint density at radius 2 is 1.89 bits per heavy atom. The molecule has 0 unspecified atom stereocenters. The smallest absolute Gasteiger partial charge is 0.0107 e. The molecular formula is C16H23NS. The van der Waals surface area contributed by atoms with Gasteiger partial charge in [-0.25, -0.2) is 0 Å². The van der Waals surface area contributed by atoms with Gasteiger partial charge in [0, 0.05) is 22.1 Å². The van der Waals surface area contributed by atoms with Crippen LogP contribution in [0.4, 0.5) is 0 Å². The summed E-state index contributed by atoms with van der Waals surface area (Å²) < 4.78 is 0. The van der Waals surface area contributed by atoms with Gasteiger partial charge >= 0.3 is 0 Å². The molecule has 98 valence electrons. The minimum atomic E-state index is 0.483. The monoisotopic (exact) mass is 261 g/mol. The van der Waals surface area contributed by atoms with Crippen LogP contribution in [0.25, 0.3) is 0 Å². The number of thioether (sulfide) groups is 1. The molecule has 0 amide bonds. The maximum Gasteiger partial charge on any atom is 0.0107 e. The average molecular weight is 261 g/mol. The van der Waals surface area contributed by atoms with E-state index in [4.69, 9.17) is 0 Å². The summed E-state index contributed by atoms with van der Waals surface area (Å²) in [5.74, 6) is 1.30. The van der Waals surface area contributed by atoms with Crippen LogP contribution in [0.5, 0.6) is 0 Å². The minimum absolute atomic E-state index is 0.483. The first-order valence-electron chi connectivity index (χ1n) is 7.16. The predicted molar refractivity (Wildman–Crippen MR) is 80.8 cm³/mol. The van der Waals surface area contributed by atoms with Crippen molar-refractivity contribution in [1.82, 2.24) is 4.90 Å². The molecular weight excluding hydrogens is 238 g/mol. The Labute approximate surface area is 115 Å². The molecule has 2 heterocycles. The molecule has 3 aliphatic rings. The summed E-state index contributed by atoms with van der Waals surface area (Å²) in [4.78, 5) is 4.17. The second kappa shape index (κ2) is 4.90. The van der Waals surface area contributed by atoms with Gasteiger partial charge in [-0.05, 0) is 51.8 Å². The van der Waals surface area contributed by atoms with Crippen LogP contribution in [0.15, 0.2) is 34.8 Å². The fourth-order valence-electron chi connectivity index (χ4n) is 3.35. The number of nitrogens with zero attached hydrogens (tertiary/aromatic N) is 1. The molecule has 0 aromatic heterocycles. The Morgan fingerprint density at radius 1 is 1.17 bits per heavy atom. The lowest BCUT2D eigenvalue weighted by molar-refractivity contribution is 0.122. The van der Waals surface area contributed by atoms with Crippen molar-refractivity contribution in [1.29, 1.82) is 0 Å². The van der Waals surface area contributed by atoms with Gasteiger partial charge < -0.3 is 4.90 Å². The fraction of sp³-hybridized carbons (Fsp3) is 0.625. The van der Waals surface area contributed by atoms with Crippen molar-refractivity contribution < 1.29 is 0 Å². The molecule has 0 aromatic rings. The van der Waals surface area contributed by atoms with E-state index >= 15 is 0 Å². The van der Waals surface area contributed by atoms with E-state index in [1.807, 2.05) is 0 Å². The van der Waals surface area contributed by atoms with Crippen molar-refractivity contribution in [3.8, 4) is 0 Å². The van der Waals surface area contributed by atoms with Crippen molar-refractivity contribution in [3.05, 3.63) is 34.8 Å². The average Bonchev–Trinajstić information content (AvgIpc) is 2.57. The lowest BCUT2D eigenvalue weighted by atomic mass is 9.73. The number of rotatable bonds is 1. The third kappa shape index (κ3) is 2.10. The molecule has 0 aromatic carbocycles. The second-order valence-corrected chi connectivity index (χ2v) is 7.03. The van der Waals surface area contributed by atoms with Crippen molar-refractivity contribution in [2.24, 2.45) is 5.41 Å². The van der Waals surface area contributed by atoms with Crippen molar-refractivity contribution in [2.45, 2.75) is 39.2 Å². The maximum atomic E-state index is 2.63. The van der Waals surface area contributed by atoms with Crippen LogP contribution in [0.3, 0.4) is 0 Å². The Balaban J connectivity index is 1.81. The topological polar surface area (TPSA) is 3.24 Å². The molecule has 0 radical (unpaired) electrons. The summed E-state index contributed by atoms with van der Waals surface area (Å²) in [5, 5.41) is 0. The molecule has 3 rings (SSSR count). The number of hydrogen-bond donors (Lipinski definition) is 0. The number of allylic oxidation sites excluding steroid dienone is 5. The Kier molecular flexibility index (Phi) is 3.42. The van der Waals surface area contributed by atoms with Crippen LogP contribution in [0.1, 0.15) is 33.1 Å². The molecule has 0 N–H and O–H groups in total. The number of likely N-dealkylation sites (tertiary alicyclic amines) is 1. The summed E-state index contributed by atoms with van der Waals surface area (Å²) in [7, 11) is 0. The van der Waals surface area contributed by atoms with E-state index in [2.05, 4.69) is 54.8 Å². The van der Waals surface area contributed by atoms with E-state index in [9.17, 15) is 0 Å². The lowest BCUT2D eigenvalue weighted by Gasteiger charge is -2.42. The van der Waals surface area contributed by atoms with Gasteiger partial charge in [-0.3, -0.25) is 0 Å². The first-order valence-corrected chi connectivity index (χ1v) is 8.14. The third-order valence-electron chi connectivity index (χ3n) is 4.65. The molecule has 2 heteroatoms. The van der Waals surface area contributed by atoms with Gasteiger partial charge in [-0.1, -0.05) is 24.3 Å². The van der Waals surface area contributed by atoms with E-state index in [0.717, 1.165) is 6.42 Å². The van der Waals surface area contributed by atoms with E-state index in [0.29, 0.717) is 11.5 Å². The zero-order valence-electron chi connectivity index (χ0n) is 11.5. The highest BCUT2D eigenvalue weighted by atomic mass is 32.2. The second-order valence-electron chi connectivity index (χ2n) is 6.02. The van der Waals surface area contributed by atoms with Crippen LogP contribution >= 0.6 is 11.8 Å². The Bertz CT molecular complexity index is 409. The molecule has 1 fully saturated rings. The van der Waals surface area contributed by atoms with Crippen molar-refractivity contribution in [2.75, 3.05) is 18.8 Å². The molecule has 0 saturated carbocycles. The van der Waals surface area contributed by atoms with Crippen LogP contribution < -0.4 is 0 Å². The SMILES string of the molecule is CC(C)N1CCC2(CC1)CSC1=C2C=CCC=C1. The first kappa shape index (κ1) is 12.6. The van der Waals surface area contributed by atoms with Crippen LogP contribution in [0.2, 0.25) is 0 Å². The largest absolute Gasteiger partial charge is 0.301 e. The summed E-state index contributed by atoms with van der Waals surface area (Å²) >= 11 is 2.08.